The van der Waals surface area contributed by atoms with E-state index in [4.69, 9.17) is 4.99 Å². The fourth-order valence-electron chi connectivity index (χ4n) is 2.59. The number of benzene rings is 1. The Balaban J connectivity index is 2.30. The van der Waals surface area contributed by atoms with E-state index in [-0.39, 0.29) is 0 Å². The predicted octanol–water partition coefficient (Wildman–Crippen LogP) is 3.48. The third kappa shape index (κ3) is 4.10. The smallest absolute Gasteiger partial charge is 0.295 e. The van der Waals surface area contributed by atoms with Crippen molar-refractivity contribution < 1.29 is 4.58 Å². The van der Waals surface area contributed by atoms with Crippen LogP contribution in [-0.4, -0.2) is 48.9 Å². The molecule has 3 nitrogen and oxygen atoms in total. The molecule has 4 heteroatoms. The fourth-order valence-corrected chi connectivity index (χ4v) is 3.16. The molecule has 0 amide bonds. The van der Waals surface area contributed by atoms with Crippen LogP contribution in [0.4, 0.5) is 5.69 Å². The molecule has 0 aromatic heterocycles. The lowest BCUT2D eigenvalue weighted by Crippen LogP contribution is -2.26. The summed E-state index contributed by atoms with van der Waals surface area (Å²) in [5.74, 6) is 1.25. The predicted molar refractivity (Wildman–Crippen MR) is 95.3 cm³/mol. The first-order valence-corrected chi connectivity index (χ1v) is 8.89. The summed E-state index contributed by atoms with van der Waals surface area (Å²) in [4.78, 5) is 7.08. The quantitative estimate of drug-likeness (QED) is 0.483. The molecular weight excluding hydrogens is 278 g/mol. The van der Waals surface area contributed by atoms with Gasteiger partial charge in [0, 0.05) is 25.3 Å². The maximum absolute atomic E-state index is 4.96. The second-order valence-electron chi connectivity index (χ2n) is 5.52. The van der Waals surface area contributed by atoms with E-state index in [1.54, 1.807) is 11.8 Å². The van der Waals surface area contributed by atoms with Crippen molar-refractivity contribution in [2.75, 3.05) is 38.3 Å². The molecule has 0 saturated heterocycles. The number of thioether (sulfide) groups is 1. The lowest BCUT2D eigenvalue weighted by Gasteiger charge is -2.13. The summed E-state index contributed by atoms with van der Waals surface area (Å²) in [6.07, 6.45) is 5.77. The van der Waals surface area contributed by atoms with Gasteiger partial charge < -0.3 is 4.90 Å². The zero-order valence-corrected chi connectivity index (χ0v) is 14.4. The van der Waals surface area contributed by atoms with Crippen molar-refractivity contribution in [1.29, 1.82) is 0 Å². The minimum atomic E-state index is 1.06. The van der Waals surface area contributed by atoms with Gasteiger partial charge in [0.1, 0.15) is 0 Å². The SMILES string of the molecule is CC[N+]1=C(N=C(SC)c2ccc(N(C)C)cc2)CCCC1. The molecule has 1 aromatic carbocycles. The van der Waals surface area contributed by atoms with Crippen molar-refractivity contribution in [1.82, 2.24) is 0 Å². The highest BCUT2D eigenvalue weighted by molar-refractivity contribution is 8.13. The van der Waals surface area contributed by atoms with Gasteiger partial charge in [0.15, 0.2) is 0 Å². The second-order valence-corrected chi connectivity index (χ2v) is 6.31. The van der Waals surface area contributed by atoms with Crippen LogP contribution in [0.15, 0.2) is 29.3 Å². The van der Waals surface area contributed by atoms with E-state index in [1.807, 2.05) is 0 Å². The second kappa shape index (κ2) is 7.64. The maximum atomic E-state index is 4.96. The van der Waals surface area contributed by atoms with Gasteiger partial charge in [-0.25, -0.2) is 0 Å². The topological polar surface area (TPSA) is 18.6 Å². The molecule has 0 unspecified atom stereocenters. The molecule has 1 aromatic rings. The van der Waals surface area contributed by atoms with Crippen LogP contribution in [0.1, 0.15) is 31.7 Å². The Morgan fingerprint density at radius 1 is 1.24 bits per heavy atom. The highest BCUT2D eigenvalue weighted by Crippen LogP contribution is 2.18. The summed E-state index contributed by atoms with van der Waals surface area (Å²) in [5, 5.41) is 1.12. The molecule has 21 heavy (non-hydrogen) atoms. The molecule has 0 bridgehead atoms. The van der Waals surface area contributed by atoms with Gasteiger partial charge in [0.05, 0.1) is 19.5 Å². The average Bonchev–Trinajstić information content (AvgIpc) is 2.53. The first-order valence-electron chi connectivity index (χ1n) is 7.67. The lowest BCUT2D eigenvalue weighted by molar-refractivity contribution is -0.530. The highest BCUT2D eigenvalue weighted by Gasteiger charge is 2.20. The van der Waals surface area contributed by atoms with Gasteiger partial charge in [-0.05, 0) is 55.3 Å². The molecule has 1 aliphatic heterocycles. The first-order chi connectivity index (χ1) is 10.2. The summed E-state index contributed by atoms with van der Waals surface area (Å²) in [5.41, 5.74) is 2.43. The van der Waals surface area contributed by atoms with Crippen molar-refractivity contribution in [2.24, 2.45) is 4.99 Å². The number of aliphatic imine (C=N–C) groups is 1. The van der Waals surface area contributed by atoms with Crippen LogP contribution in [0.5, 0.6) is 0 Å². The van der Waals surface area contributed by atoms with Gasteiger partial charge in [-0.3, -0.25) is 4.58 Å². The van der Waals surface area contributed by atoms with E-state index in [9.17, 15) is 0 Å². The summed E-state index contributed by atoms with van der Waals surface area (Å²) in [6.45, 7) is 4.42. The zero-order valence-electron chi connectivity index (χ0n) is 13.6. The molecule has 0 aliphatic carbocycles. The van der Waals surface area contributed by atoms with E-state index >= 15 is 0 Å². The zero-order chi connectivity index (χ0) is 15.2. The number of nitrogens with zero attached hydrogens (tertiary/aromatic N) is 3. The van der Waals surface area contributed by atoms with Crippen LogP contribution in [-0.2, 0) is 0 Å². The van der Waals surface area contributed by atoms with Crippen LogP contribution >= 0.6 is 11.8 Å². The Labute approximate surface area is 132 Å². The average molecular weight is 304 g/mol. The van der Waals surface area contributed by atoms with Crippen LogP contribution in [0.2, 0.25) is 0 Å². The summed E-state index contributed by atoms with van der Waals surface area (Å²) in [6, 6.07) is 8.66. The standard InChI is InChI=1S/C17H26N3S/c1-5-20-13-7-6-8-16(20)18-17(21-4)14-9-11-15(12-10-14)19(2)3/h9-12H,5-8,13H2,1-4H3/q+1. The van der Waals surface area contributed by atoms with E-state index in [0.29, 0.717) is 0 Å². The van der Waals surface area contributed by atoms with E-state index in [1.165, 1.54) is 29.9 Å². The molecule has 2 rings (SSSR count). The lowest BCUT2D eigenvalue weighted by atomic mass is 10.1. The number of hydrogen-bond donors (Lipinski definition) is 0. The van der Waals surface area contributed by atoms with Gasteiger partial charge in [-0.2, -0.15) is 0 Å². The number of anilines is 1. The number of rotatable bonds is 3. The van der Waals surface area contributed by atoms with Crippen LogP contribution in [0.3, 0.4) is 0 Å². The van der Waals surface area contributed by atoms with Crippen LogP contribution < -0.4 is 4.90 Å². The normalized spacial score (nSPS) is 16.3. The van der Waals surface area contributed by atoms with Crippen LogP contribution in [0.25, 0.3) is 0 Å². The van der Waals surface area contributed by atoms with E-state index < -0.39 is 0 Å². The third-order valence-electron chi connectivity index (χ3n) is 3.88. The monoisotopic (exact) mass is 304 g/mol. The van der Waals surface area contributed by atoms with Crippen LogP contribution in [0, 0.1) is 0 Å². The van der Waals surface area contributed by atoms with Crippen molar-refractivity contribution in [3.8, 4) is 0 Å². The van der Waals surface area contributed by atoms with Gasteiger partial charge in [-0.1, -0.05) is 11.8 Å². The van der Waals surface area contributed by atoms with Crippen molar-refractivity contribution >= 4 is 28.3 Å². The minimum Gasteiger partial charge on any atom is -0.378 e. The van der Waals surface area contributed by atoms with Crippen molar-refractivity contribution in [2.45, 2.75) is 26.2 Å². The molecule has 0 fully saturated rings. The number of hydrogen-bond acceptors (Lipinski definition) is 3. The van der Waals surface area contributed by atoms with Gasteiger partial charge >= 0.3 is 0 Å². The molecule has 1 heterocycles. The number of amidine groups is 1. The third-order valence-corrected chi connectivity index (χ3v) is 4.59. The largest absolute Gasteiger partial charge is 0.378 e. The first kappa shape index (κ1) is 16.1. The molecule has 0 spiro atoms. The molecule has 1 aliphatic rings. The fraction of sp³-hybridized carbons (Fsp3) is 0.529. The maximum Gasteiger partial charge on any atom is 0.295 e. The molecule has 0 saturated carbocycles. The highest BCUT2D eigenvalue weighted by atomic mass is 32.2. The molecule has 0 radical (unpaired) electrons. The Kier molecular flexibility index (Phi) is 5.85. The summed E-state index contributed by atoms with van der Waals surface area (Å²) in [7, 11) is 4.13. The summed E-state index contributed by atoms with van der Waals surface area (Å²) >= 11 is 1.73. The Bertz CT molecular complexity index is 529. The Morgan fingerprint density at radius 3 is 2.52 bits per heavy atom. The van der Waals surface area contributed by atoms with Crippen molar-refractivity contribution in [3.63, 3.8) is 0 Å². The van der Waals surface area contributed by atoms with Crippen molar-refractivity contribution in [3.05, 3.63) is 29.8 Å². The van der Waals surface area contributed by atoms with Gasteiger partial charge in [0.25, 0.3) is 5.84 Å². The Hall–Kier alpha value is -1.29. The molecular formula is C17H26N3S+. The van der Waals surface area contributed by atoms with E-state index in [2.05, 4.69) is 61.0 Å². The summed E-state index contributed by atoms with van der Waals surface area (Å²) < 4.78 is 2.41. The molecule has 114 valence electrons. The minimum absolute atomic E-state index is 1.06. The molecule has 0 N–H and O–H groups in total. The van der Waals surface area contributed by atoms with Gasteiger partial charge in [0.2, 0.25) is 5.04 Å². The molecule has 0 atom stereocenters. The Morgan fingerprint density at radius 2 is 1.95 bits per heavy atom. The van der Waals surface area contributed by atoms with E-state index in [0.717, 1.165) is 24.6 Å². The van der Waals surface area contributed by atoms with Gasteiger partial charge in [-0.15, -0.1) is 0 Å².